The standard InChI is InChI=1S/C24H36O3/c1-22-11-8-16(25)14-15(22)4-5-17-18-6-7-20(23(18,2)12-9-19(17)22)24(3)13-10-21(26)27-24/h4,16-20,25H,5-14H2,1-3H3/t16-,17+,18-,19+,20-,22-,23-,24+/m0/s1. The molecule has 0 unspecified atom stereocenters. The van der Waals surface area contributed by atoms with Gasteiger partial charge in [0.1, 0.15) is 5.60 Å². The molecule has 1 heterocycles. The molecule has 0 spiro atoms. The van der Waals surface area contributed by atoms with E-state index in [4.69, 9.17) is 4.74 Å². The van der Waals surface area contributed by atoms with Crippen LogP contribution in [0.5, 0.6) is 0 Å². The maximum Gasteiger partial charge on any atom is 0.306 e. The first-order valence-electron chi connectivity index (χ1n) is 11.4. The molecule has 5 rings (SSSR count). The van der Waals surface area contributed by atoms with E-state index >= 15 is 0 Å². The number of hydrogen-bond acceptors (Lipinski definition) is 3. The summed E-state index contributed by atoms with van der Waals surface area (Å²) < 4.78 is 5.92. The molecule has 8 atom stereocenters. The summed E-state index contributed by atoms with van der Waals surface area (Å²) in [5.74, 6) is 2.85. The highest BCUT2D eigenvalue weighted by atomic mass is 16.6. The molecule has 0 radical (unpaired) electrons. The lowest BCUT2D eigenvalue weighted by molar-refractivity contribution is -0.158. The molecule has 3 nitrogen and oxygen atoms in total. The number of esters is 1. The molecule has 1 N–H and O–H groups in total. The number of aliphatic hydroxyl groups excluding tert-OH is 1. The van der Waals surface area contributed by atoms with Crippen LogP contribution in [0.25, 0.3) is 0 Å². The first kappa shape index (κ1) is 18.2. The van der Waals surface area contributed by atoms with Crippen molar-refractivity contribution >= 4 is 5.97 Å². The monoisotopic (exact) mass is 372 g/mol. The van der Waals surface area contributed by atoms with E-state index in [0.29, 0.717) is 23.2 Å². The Balaban J connectivity index is 1.44. The number of carbonyl (C=O) groups is 1. The minimum Gasteiger partial charge on any atom is -0.459 e. The highest BCUT2D eigenvalue weighted by Crippen LogP contribution is 2.68. The van der Waals surface area contributed by atoms with Crippen molar-refractivity contribution in [2.45, 2.75) is 96.7 Å². The lowest BCUT2D eigenvalue weighted by atomic mass is 9.46. The summed E-state index contributed by atoms with van der Waals surface area (Å²) in [5.41, 5.74) is 1.95. The zero-order valence-corrected chi connectivity index (χ0v) is 17.3. The van der Waals surface area contributed by atoms with Crippen LogP contribution in [0, 0.1) is 34.5 Å². The molecule has 3 saturated carbocycles. The number of fused-ring (bicyclic) bond motifs is 5. The number of cyclic esters (lactones) is 1. The first-order valence-corrected chi connectivity index (χ1v) is 11.4. The van der Waals surface area contributed by atoms with Gasteiger partial charge in [-0.05, 0) is 93.3 Å². The van der Waals surface area contributed by atoms with E-state index < -0.39 is 0 Å². The third-order valence-electron chi connectivity index (χ3n) is 9.99. The van der Waals surface area contributed by atoms with Crippen molar-refractivity contribution in [3.8, 4) is 0 Å². The molecule has 0 aromatic rings. The third kappa shape index (κ3) is 2.46. The van der Waals surface area contributed by atoms with Crippen LogP contribution in [0.3, 0.4) is 0 Å². The van der Waals surface area contributed by atoms with Crippen molar-refractivity contribution in [1.29, 1.82) is 0 Å². The van der Waals surface area contributed by atoms with Gasteiger partial charge in [0.2, 0.25) is 0 Å². The SMILES string of the molecule is C[C@]12CC[C@@H]3[C@H](CC=C4C[C@@H](O)CC[C@@]43C)[C@@H]1CC[C@@H]2[C@@]1(C)CCC(=O)O1. The largest absolute Gasteiger partial charge is 0.459 e. The second kappa shape index (κ2) is 5.84. The second-order valence-corrected chi connectivity index (χ2v) is 11.1. The Kier molecular flexibility index (Phi) is 3.94. The molecular formula is C24H36O3. The summed E-state index contributed by atoms with van der Waals surface area (Å²) in [6.07, 6.45) is 13.2. The van der Waals surface area contributed by atoms with E-state index in [0.717, 1.165) is 43.4 Å². The Morgan fingerprint density at radius 3 is 2.59 bits per heavy atom. The van der Waals surface area contributed by atoms with E-state index in [-0.39, 0.29) is 17.7 Å². The van der Waals surface area contributed by atoms with Gasteiger partial charge in [0.05, 0.1) is 6.10 Å². The average molecular weight is 373 g/mol. The quantitative estimate of drug-likeness (QED) is 0.519. The predicted octanol–water partition coefficient (Wildman–Crippen LogP) is 5.02. The van der Waals surface area contributed by atoms with Crippen LogP contribution in [-0.4, -0.2) is 22.8 Å². The van der Waals surface area contributed by atoms with Gasteiger partial charge in [0, 0.05) is 12.3 Å². The molecule has 0 aromatic heterocycles. The van der Waals surface area contributed by atoms with Crippen LogP contribution in [0.4, 0.5) is 0 Å². The molecule has 0 bridgehead atoms. The summed E-state index contributed by atoms with van der Waals surface area (Å²) in [6.45, 7) is 7.23. The number of rotatable bonds is 1. The van der Waals surface area contributed by atoms with Crippen molar-refractivity contribution < 1.29 is 14.6 Å². The van der Waals surface area contributed by atoms with Gasteiger partial charge in [-0.2, -0.15) is 0 Å². The fraction of sp³-hybridized carbons (Fsp3) is 0.875. The van der Waals surface area contributed by atoms with Crippen molar-refractivity contribution in [1.82, 2.24) is 0 Å². The molecule has 27 heavy (non-hydrogen) atoms. The van der Waals surface area contributed by atoms with Gasteiger partial charge >= 0.3 is 5.97 Å². The van der Waals surface area contributed by atoms with Crippen LogP contribution < -0.4 is 0 Å². The number of hydrogen-bond donors (Lipinski definition) is 1. The molecule has 4 fully saturated rings. The molecule has 5 aliphatic rings. The van der Waals surface area contributed by atoms with Gasteiger partial charge in [-0.25, -0.2) is 0 Å². The van der Waals surface area contributed by atoms with Gasteiger partial charge in [0.15, 0.2) is 0 Å². The van der Waals surface area contributed by atoms with Crippen LogP contribution in [0.2, 0.25) is 0 Å². The molecule has 0 amide bonds. The fourth-order valence-electron chi connectivity index (χ4n) is 8.60. The number of aliphatic hydroxyl groups is 1. The summed E-state index contributed by atoms with van der Waals surface area (Å²) in [4.78, 5) is 11.9. The fourth-order valence-corrected chi connectivity index (χ4v) is 8.60. The minimum absolute atomic E-state index is 0.0109. The molecule has 3 heteroatoms. The van der Waals surface area contributed by atoms with E-state index in [1.54, 1.807) is 5.57 Å². The van der Waals surface area contributed by atoms with Gasteiger partial charge in [-0.3, -0.25) is 4.79 Å². The summed E-state index contributed by atoms with van der Waals surface area (Å²) in [7, 11) is 0. The van der Waals surface area contributed by atoms with Crippen molar-refractivity contribution in [2.24, 2.45) is 34.5 Å². The predicted molar refractivity (Wildman–Crippen MR) is 105 cm³/mol. The maximum absolute atomic E-state index is 11.9. The van der Waals surface area contributed by atoms with Crippen LogP contribution in [-0.2, 0) is 9.53 Å². The Bertz CT molecular complexity index is 683. The molecule has 1 saturated heterocycles. The second-order valence-electron chi connectivity index (χ2n) is 11.1. The zero-order chi connectivity index (χ0) is 19.0. The normalized spacial score (nSPS) is 54.6. The Morgan fingerprint density at radius 2 is 1.85 bits per heavy atom. The van der Waals surface area contributed by atoms with E-state index in [1.165, 1.54) is 32.1 Å². The van der Waals surface area contributed by atoms with Crippen molar-refractivity contribution in [2.75, 3.05) is 0 Å². The maximum atomic E-state index is 11.9. The molecule has 0 aromatic carbocycles. The molecule has 150 valence electrons. The van der Waals surface area contributed by atoms with Gasteiger partial charge in [-0.1, -0.05) is 25.5 Å². The van der Waals surface area contributed by atoms with E-state index in [1.807, 2.05) is 0 Å². The highest BCUT2D eigenvalue weighted by Gasteiger charge is 2.62. The molecular weight excluding hydrogens is 336 g/mol. The Morgan fingerprint density at radius 1 is 1.04 bits per heavy atom. The van der Waals surface area contributed by atoms with Gasteiger partial charge in [0.25, 0.3) is 0 Å². The van der Waals surface area contributed by atoms with Gasteiger partial charge in [-0.15, -0.1) is 0 Å². The Labute approximate surface area is 163 Å². The van der Waals surface area contributed by atoms with Crippen molar-refractivity contribution in [3.05, 3.63) is 11.6 Å². The first-order chi connectivity index (χ1) is 12.8. The van der Waals surface area contributed by atoms with E-state index in [2.05, 4.69) is 26.8 Å². The third-order valence-corrected chi connectivity index (χ3v) is 9.99. The molecule has 4 aliphatic carbocycles. The average Bonchev–Trinajstić information content (AvgIpc) is 3.15. The minimum atomic E-state index is -0.234. The smallest absolute Gasteiger partial charge is 0.306 e. The van der Waals surface area contributed by atoms with Crippen molar-refractivity contribution in [3.63, 3.8) is 0 Å². The van der Waals surface area contributed by atoms with Crippen LogP contribution >= 0.6 is 0 Å². The zero-order valence-electron chi connectivity index (χ0n) is 17.3. The molecule has 1 aliphatic heterocycles. The summed E-state index contributed by atoms with van der Waals surface area (Å²) in [6, 6.07) is 0. The lowest BCUT2D eigenvalue weighted by Gasteiger charge is -2.58. The topological polar surface area (TPSA) is 46.5 Å². The lowest BCUT2D eigenvalue weighted by Crippen LogP contribution is -2.53. The summed E-state index contributed by atoms with van der Waals surface area (Å²) in [5, 5.41) is 10.2. The van der Waals surface area contributed by atoms with Crippen LogP contribution in [0.1, 0.15) is 85.0 Å². The summed E-state index contributed by atoms with van der Waals surface area (Å²) >= 11 is 0. The highest BCUT2D eigenvalue weighted by molar-refractivity contribution is 5.72. The van der Waals surface area contributed by atoms with Gasteiger partial charge < -0.3 is 9.84 Å². The number of allylic oxidation sites excluding steroid dienone is 1. The number of carbonyl (C=O) groups excluding carboxylic acids is 1. The van der Waals surface area contributed by atoms with E-state index in [9.17, 15) is 9.90 Å². The van der Waals surface area contributed by atoms with Crippen LogP contribution in [0.15, 0.2) is 11.6 Å². The number of ether oxygens (including phenoxy) is 1. The Hall–Kier alpha value is -0.830.